The smallest absolute Gasteiger partial charge is 0.159 e. The molecule has 2 N–H and O–H groups in total. The number of rotatable bonds is 4. The summed E-state index contributed by atoms with van der Waals surface area (Å²) in [6.45, 7) is 1.55. The number of Topliss-reactive ketones (excluding diaryl/α,β-unsaturated/α-hetero) is 1. The molecule has 0 bridgehead atoms. The molecular weight excluding hydrogens is 238 g/mol. The Balaban J connectivity index is 2.33. The maximum Gasteiger partial charge on any atom is 0.159 e. The van der Waals surface area contributed by atoms with E-state index < -0.39 is 6.23 Å². The molecule has 3 nitrogen and oxygen atoms in total. The summed E-state index contributed by atoms with van der Waals surface area (Å²) in [5.74, 6) is 0.0610. The Labute approximate surface area is 112 Å². The Bertz CT molecular complexity index is 576. The Morgan fingerprint density at radius 3 is 2.37 bits per heavy atom. The minimum atomic E-state index is -0.670. The first-order valence-electron chi connectivity index (χ1n) is 6.18. The Kier molecular flexibility index (Phi) is 4.10. The molecule has 0 saturated carbocycles. The number of hydrogen-bond donors (Lipinski definition) is 2. The number of hydrogen-bond acceptors (Lipinski definition) is 3. The molecule has 0 aromatic heterocycles. The van der Waals surface area contributed by atoms with E-state index in [0.717, 1.165) is 16.7 Å². The highest BCUT2D eigenvalue weighted by Gasteiger charge is 2.06. The van der Waals surface area contributed by atoms with Crippen LogP contribution in [0.2, 0.25) is 0 Å². The summed E-state index contributed by atoms with van der Waals surface area (Å²) in [4.78, 5) is 11.2. The van der Waals surface area contributed by atoms with Gasteiger partial charge in [0, 0.05) is 5.56 Å². The molecule has 1 unspecified atom stereocenters. The third kappa shape index (κ3) is 3.08. The fourth-order valence-corrected chi connectivity index (χ4v) is 1.95. The van der Waals surface area contributed by atoms with Crippen LogP contribution in [-0.2, 0) is 0 Å². The van der Waals surface area contributed by atoms with Crippen molar-refractivity contribution < 1.29 is 9.90 Å². The average Bonchev–Trinajstić information content (AvgIpc) is 2.46. The van der Waals surface area contributed by atoms with Crippen molar-refractivity contribution in [1.29, 1.82) is 0 Å². The first-order valence-corrected chi connectivity index (χ1v) is 6.18. The molecule has 0 spiro atoms. The first-order chi connectivity index (χ1) is 9.11. The van der Waals surface area contributed by atoms with Crippen LogP contribution in [0, 0.1) is 0 Å². The maximum atomic E-state index is 11.2. The normalized spacial score (nSPS) is 12.2. The van der Waals surface area contributed by atoms with E-state index in [1.807, 2.05) is 48.5 Å². The number of carbonyl (C=O) groups is 1. The minimum Gasteiger partial charge on any atom is -0.374 e. The summed E-state index contributed by atoms with van der Waals surface area (Å²) in [7, 11) is 1.71. The summed E-state index contributed by atoms with van der Waals surface area (Å²) in [5, 5.41) is 12.6. The van der Waals surface area contributed by atoms with Gasteiger partial charge in [-0.2, -0.15) is 0 Å². The summed E-state index contributed by atoms with van der Waals surface area (Å²) in [6.07, 6.45) is -0.670. The number of aliphatic hydroxyl groups excluding tert-OH is 1. The van der Waals surface area contributed by atoms with Gasteiger partial charge < -0.3 is 5.11 Å². The molecule has 0 amide bonds. The zero-order chi connectivity index (χ0) is 13.8. The number of nitrogens with one attached hydrogen (secondary N) is 1. The number of carbonyl (C=O) groups excluding carboxylic acids is 1. The SMILES string of the molecule is CNC(O)c1cccc(-c2ccc(C(C)=O)cc2)c1. The van der Waals surface area contributed by atoms with E-state index in [1.165, 1.54) is 0 Å². The van der Waals surface area contributed by atoms with Crippen molar-refractivity contribution in [3.05, 3.63) is 59.7 Å². The fraction of sp³-hybridized carbons (Fsp3) is 0.188. The van der Waals surface area contributed by atoms with Gasteiger partial charge in [-0.15, -0.1) is 0 Å². The topological polar surface area (TPSA) is 49.3 Å². The molecule has 19 heavy (non-hydrogen) atoms. The number of benzene rings is 2. The maximum absolute atomic E-state index is 11.2. The van der Waals surface area contributed by atoms with Crippen LogP contribution >= 0.6 is 0 Å². The number of ketones is 1. The van der Waals surface area contributed by atoms with Gasteiger partial charge in [0.2, 0.25) is 0 Å². The third-order valence-electron chi connectivity index (χ3n) is 3.10. The average molecular weight is 255 g/mol. The van der Waals surface area contributed by atoms with E-state index in [1.54, 1.807) is 14.0 Å². The minimum absolute atomic E-state index is 0.0610. The van der Waals surface area contributed by atoms with Crippen molar-refractivity contribution >= 4 is 5.78 Å². The van der Waals surface area contributed by atoms with E-state index in [2.05, 4.69) is 5.32 Å². The van der Waals surface area contributed by atoms with Gasteiger partial charge in [-0.05, 0) is 36.7 Å². The molecule has 2 rings (SSSR count). The molecule has 3 heteroatoms. The molecule has 0 aliphatic heterocycles. The predicted molar refractivity (Wildman–Crippen MR) is 75.9 cm³/mol. The summed E-state index contributed by atoms with van der Waals surface area (Å²) >= 11 is 0. The molecule has 0 saturated heterocycles. The van der Waals surface area contributed by atoms with Gasteiger partial charge in [-0.1, -0.05) is 42.5 Å². The molecular formula is C16H17NO2. The van der Waals surface area contributed by atoms with Crippen molar-refractivity contribution in [3.63, 3.8) is 0 Å². The van der Waals surface area contributed by atoms with Gasteiger partial charge in [0.25, 0.3) is 0 Å². The van der Waals surface area contributed by atoms with Gasteiger partial charge in [0.1, 0.15) is 6.23 Å². The lowest BCUT2D eigenvalue weighted by molar-refractivity contribution is 0.101. The summed E-state index contributed by atoms with van der Waals surface area (Å²) in [5.41, 5.74) is 3.56. The van der Waals surface area contributed by atoms with E-state index in [4.69, 9.17) is 0 Å². The molecule has 0 fully saturated rings. The second-order valence-corrected chi connectivity index (χ2v) is 4.45. The fourth-order valence-electron chi connectivity index (χ4n) is 1.95. The van der Waals surface area contributed by atoms with Crippen molar-refractivity contribution in [2.75, 3.05) is 7.05 Å². The molecule has 98 valence electrons. The lowest BCUT2D eigenvalue weighted by Gasteiger charge is -2.11. The van der Waals surface area contributed by atoms with E-state index in [0.29, 0.717) is 5.56 Å². The van der Waals surface area contributed by atoms with E-state index >= 15 is 0 Å². The van der Waals surface area contributed by atoms with Crippen molar-refractivity contribution in [2.24, 2.45) is 0 Å². The van der Waals surface area contributed by atoms with Crippen molar-refractivity contribution in [3.8, 4) is 11.1 Å². The van der Waals surface area contributed by atoms with Crippen LogP contribution in [0.25, 0.3) is 11.1 Å². The molecule has 1 atom stereocenters. The Morgan fingerprint density at radius 1 is 1.11 bits per heavy atom. The lowest BCUT2D eigenvalue weighted by Crippen LogP contribution is -2.14. The summed E-state index contributed by atoms with van der Waals surface area (Å²) in [6, 6.07) is 15.2. The molecule has 0 aliphatic rings. The highest BCUT2D eigenvalue weighted by molar-refractivity contribution is 5.94. The van der Waals surface area contributed by atoms with Crippen LogP contribution in [0.3, 0.4) is 0 Å². The van der Waals surface area contributed by atoms with Crippen LogP contribution in [-0.4, -0.2) is 17.9 Å². The Morgan fingerprint density at radius 2 is 1.79 bits per heavy atom. The predicted octanol–water partition coefficient (Wildman–Crippen LogP) is 2.77. The van der Waals surface area contributed by atoms with Crippen LogP contribution in [0.15, 0.2) is 48.5 Å². The third-order valence-corrected chi connectivity index (χ3v) is 3.10. The van der Waals surface area contributed by atoms with Gasteiger partial charge >= 0.3 is 0 Å². The quantitative estimate of drug-likeness (QED) is 0.652. The molecule has 0 heterocycles. The van der Waals surface area contributed by atoms with E-state index in [-0.39, 0.29) is 5.78 Å². The molecule has 2 aromatic rings. The Hall–Kier alpha value is -1.97. The highest BCUT2D eigenvalue weighted by Crippen LogP contribution is 2.23. The number of aliphatic hydroxyl groups is 1. The van der Waals surface area contributed by atoms with Crippen LogP contribution in [0.4, 0.5) is 0 Å². The largest absolute Gasteiger partial charge is 0.374 e. The molecule has 0 aliphatic carbocycles. The molecule has 2 aromatic carbocycles. The second kappa shape index (κ2) is 5.78. The zero-order valence-corrected chi connectivity index (χ0v) is 11.1. The van der Waals surface area contributed by atoms with Crippen molar-refractivity contribution in [2.45, 2.75) is 13.2 Å². The van der Waals surface area contributed by atoms with Gasteiger partial charge in [-0.25, -0.2) is 0 Å². The lowest BCUT2D eigenvalue weighted by atomic mass is 10.0. The van der Waals surface area contributed by atoms with Gasteiger partial charge in [0.05, 0.1) is 0 Å². The van der Waals surface area contributed by atoms with Crippen LogP contribution in [0.1, 0.15) is 29.1 Å². The summed E-state index contributed by atoms with van der Waals surface area (Å²) < 4.78 is 0. The first kappa shape index (κ1) is 13.5. The van der Waals surface area contributed by atoms with Crippen LogP contribution < -0.4 is 5.32 Å². The molecule has 0 radical (unpaired) electrons. The second-order valence-electron chi connectivity index (χ2n) is 4.45. The highest BCUT2D eigenvalue weighted by atomic mass is 16.3. The monoisotopic (exact) mass is 255 g/mol. The van der Waals surface area contributed by atoms with Crippen LogP contribution in [0.5, 0.6) is 0 Å². The zero-order valence-electron chi connectivity index (χ0n) is 11.1. The van der Waals surface area contributed by atoms with E-state index in [9.17, 15) is 9.90 Å². The van der Waals surface area contributed by atoms with Gasteiger partial charge in [0.15, 0.2) is 5.78 Å². The van der Waals surface area contributed by atoms with Gasteiger partial charge in [-0.3, -0.25) is 10.1 Å². The standard InChI is InChI=1S/C16H17NO2/c1-11(18)12-6-8-13(9-7-12)14-4-3-5-15(10-14)16(19)17-2/h3-10,16-17,19H,1-2H3. The van der Waals surface area contributed by atoms with Crippen molar-refractivity contribution in [1.82, 2.24) is 5.32 Å².